The molecule has 3 aromatic carbocycles. The normalized spacial score (nSPS) is 12.1. The van der Waals surface area contributed by atoms with E-state index in [-0.39, 0.29) is 24.4 Å². The summed E-state index contributed by atoms with van der Waals surface area (Å²) in [7, 11) is 1.95. The van der Waals surface area contributed by atoms with Crippen molar-refractivity contribution < 1.29 is 4.79 Å². The van der Waals surface area contributed by atoms with Crippen molar-refractivity contribution in [2.75, 3.05) is 0 Å². The number of hydrogen-bond acceptors (Lipinski definition) is 4. The number of benzene rings is 3. The maximum Gasteiger partial charge on any atom is 0.262 e. The first-order valence-corrected chi connectivity index (χ1v) is 11.4. The molecule has 1 amide bonds. The average Bonchev–Trinajstić information content (AvgIpc) is 3.19. The Bertz CT molecular complexity index is 1620. The van der Waals surface area contributed by atoms with E-state index in [2.05, 4.69) is 10.3 Å². The number of imidazole rings is 1. The fraction of sp³-hybridized carbons (Fsp3) is 0.154. The van der Waals surface area contributed by atoms with Crippen LogP contribution >= 0.6 is 12.2 Å². The molecule has 2 N–H and O–H groups in total. The predicted molar refractivity (Wildman–Crippen MR) is 135 cm³/mol. The minimum atomic E-state index is -0.436. The lowest BCUT2D eigenvalue weighted by Gasteiger charge is -2.19. The fourth-order valence-electron chi connectivity index (χ4n) is 4.21. The highest BCUT2D eigenvalue weighted by molar-refractivity contribution is 7.71. The first kappa shape index (κ1) is 21.8. The number of aromatic amines is 1. The van der Waals surface area contributed by atoms with Gasteiger partial charge >= 0.3 is 0 Å². The topological polar surface area (TPSA) is 84.7 Å². The van der Waals surface area contributed by atoms with E-state index in [0.29, 0.717) is 15.7 Å². The van der Waals surface area contributed by atoms with Gasteiger partial charge in [0.2, 0.25) is 5.91 Å². The Morgan fingerprint density at radius 3 is 2.53 bits per heavy atom. The van der Waals surface area contributed by atoms with Crippen LogP contribution in [0.5, 0.6) is 0 Å². The number of fused-ring (bicyclic) bond motifs is 2. The molecule has 0 saturated heterocycles. The van der Waals surface area contributed by atoms with Crippen LogP contribution in [0.1, 0.15) is 23.9 Å². The average molecular weight is 470 g/mol. The van der Waals surface area contributed by atoms with E-state index in [9.17, 15) is 9.59 Å². The van der Waals surface area contributed by atoms with Crippen LogP contribution in [0.25, 0.3) is 21.9 Å². The van der Waals surface area contributed by atoms with Crippen LogP contribution in [0, 0.1) is 4.77 Å². The summed E-state index contributed by atoms with van der Waals surface area (Å²) in [4.78, 5) is 33.8. The molecule has 2 heterocycles. The van der Waals surface area contributed by atoms with Crippen LogP contribution in [0.3, 0.4) is 0 Å². The van der Waals surface area contributed by atoms with E-state index in [1.165, 1.54) is 4.57 Å². The minimum Gasteiger partial charge on any atom is -0.342 e. The summed E-state index contributed by atoms with van der Waals surface area (Å²) >= 11 is 5.38. The molecule has 0 aliphatic heterocycles. The quantitative estimate of drug-likeness (QED) is 0.364. The van der Waals surface area contributed by atoms with Crippen molar-refractivity contribution in [3.05, 3.63) is 105 Å². The first-order valence-electron chi connectivity index (χ1n) is 11.0. The van der Waals surface area contributed by atoms with Crippen molar-refractivity contribution in [2.24, 2.45) is 7.05 Å². The first-order chi connectivity index (χ1) is 16.5. The molecule has 8 heteroatoms. The van der Waals surface area contributed by atoms with Crippen molar-refractivity contribution in [3.63, 3.8) is 0 Å². The summed E-state index contributed by atoms with van der Waals surface area (Å²) in [5.41, 5.74) is 3.26. The van der Waals surface area contributed by atoms with E-state index in [0.717, 1.165) is 22.4 Å². The predicted octanol–water partition coefficient (Wildman–Crippen LogP) is 4.24. The molecule has 0 radical (unpaired) electrons. The van der Waals surface area contributed by atoms with Crippen molar-refractivity contribution >= 4 is 40.1 Å². The molecule has 0 aliphatic rings. The van der Waals surface area contributed by atoms with Gasteiger partial charge in [0.05, 0.1) is 21.9 Å². The molecular weight excluding hydrogens is 446 g/mol. The van der Waals surface area contributed by atoms with Gasteiger partial charge in [0, 0.05) is 20.0 Å². The van der Waals surface area contributed by atoms with Gasteiger partial charge in [-0.3, -0.25) is 14.2 Å². The van der Waals surface area contributed by atoms with E-state index >= 15 is 0 Å². The van der Waals surface area contributed by atoms with Gasteiger partial charge in [-0.25, -0.2) is 4.98 Å². The molecule has 2 aromatic heterocycles. The molecule has 5 aromatic rings. The standard InChI is InChI=1S/C26H23N5O2S/c1-30-21-14-8-7-13-20(21)27-24(30)23(17-9-3-2-4-10-17)29-22(32)15-16-31-25(33)18-11-5-6-12-19(18)28-26(31)34/h2-14,23H,15-16H2,1H3,(H,28,34)(H,29,32). The molecule has 34 heavy (non-hydrogen) atoms. The third kappa shape index (κ3) is 4.04. The van der Waals surface area contributed by atoms with E-state index in [4.69, 9.17) is 17.2 Å². The minimum absolute atomic E-state index is 0.100. The Kier molecular flexibility index (Phi) is 5.81. The monoisotopic (exact) mass is 469 g/mol. The highest BCUT2D eigenvalue weighted by atomic mass is 32.1. The second-order valence-electron chi connectivity index (χ2n) is 8.11. The third-order valence-corrected chi connectivity index (χ3v) is 6.29. The Morgan fingerprint density at radius 1 is 1.03 bits per heavy atom. The number of hydrogen-bond donors (Lipinski definition) is 2. The Balaban J connectivity index is 1.43. The number of rotatable bonds is 6. The molecular formula is C26H23N5O2S. The molecule has 1 unspecified atom stereocenters. The summed E-state index contributed by atoms with van der Waals surface area (Å²) in [6, 6.07) is 24.4. The van der Waals surface area contributed by atoms with Crippen molar-refractivity contribution in [1.29, 1.82) is 0 Å². The molecule has 0 fully saturated rings. The van der Waals surface area contributed by atoms with Crippen LogP contribution in [-0.4, -0.2) is 25.0 Å². The summed E-state index contributed by atoms with van der Waals surface area (Å²) < 4.78 is 3.73. The van der Waals surface area contributed by atoms with Gasteiger partial charge in [-0.15, -0.1) is 0 Å². The lowest BCUT2D eigenvalue weighted by Crippen LogP contribution is -2.33. The van der Waals surface area contributed by atoms with E-state index in [1.54, 1.807) is 12.1 Å². The molecule has 170 valence electrons. The summed E-state index contributed by atoms with van der Waals surface area (Å²) in [5.74, 6) is 0.538. The second kappa shape index (κ2) is 9.07. The maximum absolute atomic E-state index is 13.1. The summed E-state index contributed by atoms with van der Waals surface area (Å²) in [5, 5.41) is 3.66. The van der Waals surface area contributed by atoms with Gasteiger partial charge in [-0.2, -0.15) is 0 Å². The molecule has 0 saturated carbocycles. The summed E-state index contributed by atoms with van der Waals surface area (Å²) in [6.07, 6.45) is 0.100. The second-order valence-corrected chi connectivity index (χ2v) is 8.50. The lowest BCUT2D eigenvalue weighted by molar-refractivity contribution is -0.121. The molecule has 7 nitrogen and oxygen atoms in total. The summed E-state index contributed by atoms with van der Waals surface area (Å²) in [6.45, 7) is 0.175. The van der Waals surface area contributed by atoms with Crippen LogP contribution < -0.4 is 10.9 Å². The Morgan fingerprint density at radius 2 is 1.74 bits per heavy atom. The number of para-hydroxylation sites is 3. The lowest BCUT2D eigenvalue weighted by atomic mass is 10.1. The Labute approximate surface area is 200 Å². The Hall–Kier alpha value is -4.04. The SMILES string of the molecule is Cn1c(C(NC(=O)CCn2c(=S)[nH]c3ccccc3c2=O)c2ccccc2)nc2ccccc21. The van der Waals surface area contributed by atoms with Gasteiger partial charge in [-0.1, -0.05) is 54.6 Å². The molecule has 0 spiro atoms. The van der Waals surface area contributed by atoms with Crippen molar-refractivity contribution in [2.45, 2.75) is 19.0 Å². The van der Waals surface area contributed by atoms with Crippen LogP contribution in [0.2, 0.25) is 0 Å². The number of amides is 1. The molecule has 5 rings (SSSR count). The smallest absolute Gasteiger partial charge is 0.262 e. The maximum atomic E-state index is 13.1. The number of carbonyl (C=O) groups is 1. The van der Waals surface area contributed by atoms with Crippen molar-refractivity contribution in [1.82, 2.24) is 24.4 Å². The number of aromatic nitrogens is 4. The molecule has 0 bridgehead atoms. The highest BCUT2D eigenvalue weighted by Gasteiger charge is 2.22. The van der Waals surface area contributed by atoms with Gasteiger partial charge < -0.3 is 14.9 Å². The van der Waals surface area contributed by atoms with Gasteiger partial charge in [0.1, 0.15) is 11.9 Å². The zero-order chi connectivity index (χ0) is 23.7. The molecule has 0 aliphatic carbocycles. The van der Waals surface area contributed by atoms with E-state index in [1.807, 2.05) is 78.3 Å². The zero-order valence-corrected chi connectivity index (χ0v) is 19.4. The van der Waals surface area contributed by atoms with Crippen molar-refractivity contribution in [3.8, 4) is 0 Å². The number of aryl methyl sites for hydroxylation is 1. The number of carbonyl (C=O) groups excluding carboxylic acids is 1. The van der Waals surface area contributed by atoms with Crippen LogP contribution in [-0.2, 0) is 18.4 Å². The van der Waals surface area contributed by atoms with Gasteiger partial charge in [0.15, 0.2) is 4.77 Å². The zero-order valence-electron chi connectivity index (χ0n) is 18.6. The number of nitrogens with one attached hydrogen (secondary N) is 2. The fourth-order valence-corrected chi connectivity index (χ4v) is 4.50. The van der Waals surface area contributed by atoms with Gasteiger partial charge in [-0.05, 0) is 42.0 Å². The van der Waals surface area contributed by atoms with Crippen LogP contribution in [0.4, 0.5) is 0 Å². The van der Waals surface area contributed by atoms with E-state index < -0.39 is 6.04 Å². The number of nitrogens with zero attached hydrogens (tertiary/aromatic N) is 3. The van der Waals surface area contributed by atoms with Gasteiger partial charge in [0.25, 0.3) is 5.56 Å². The highest BCUT2D eigenvalue weighted by Crippen LogP contribution is 2.25. The molecule has 1 atom stereocenters. The van der Waals surface area contributed by atoms with Crippen LogP contribution in [0.15, 0.2) is 83.7 Å². The largest absolute Gasteiger partial charge is 0.342 e. The third-order valence-electron chi connectivity index (χ3n) is 5.97. The number of H-pyrrole nitrogens is 1.